The lowest BCUT2D eigenvalue weighted by Crippen LogP contribution is -2.37. The molecule has 0 amide bonds. The number of aromatic nitrogens is 2. The third-order valence-electron chi connectivity index (χ3n) is 6.13. The Bertz CT molecular complexity index is 1260. The number of hydrogen-bond acceptors (Lipinski definition) is 4. The van der Waals surface area contributed by atoms with Gasteiger partial charge in [-0.3, -0.25) is 9.36 Å². The lowest BCUT2D eigenvalue weighted by atomic mass is 10.0. The van der Waals surface area contributed by atoms with Gasteiger partial charge in [0.15, 0.2) is 0 Å². The third kappa shape index (κ3) is 3.93. The highest BCUT2D eigenvalue weighted by atomic mass is 32.1. The fourth-order valence-corrected chi connectivity index (χ4v) is 5.38. The van der Waals surface area contributed by atoms with E-state index in [0.29, 0.717) is 11.8 Å². The molecule has 4 nitrogen and oxygen atoms in total. The number of benzene rings is 2. The summed E-state index contributed by atoms with van der Waals surface area (Å²) < 4.78 is 15.4. The van der Waals surface area contributed by atoms with Gasteiger partial charge in [0.05, 0.1) is 5.39 Å². The zero-order chi connectivity index (χ0) is 21.4. The molecule has 5 rings (SSSR count). The fourth-order valence-electron chi connectivity index (χ4n) is 4.42. The first kappa shape index (κ1) is 20.1. The highest BCUT2D eigenvalue weighted by molar-refractivity contribution is 7.17. The van der Waals surface area contributed by atoms with Crippen molar-refractivity contribution < 1.29 is 4.39 Å². The SMILES string of the molecule is CN1CCC(n2c(Cc3ccccc3)nc3scc(-c4ccc(F)cc4)c3c2=O)CC1. The predicted molar refractivity (Wildman–Crippen MR) is 124 cm³/mol. The molecular formula is C25H24FN3OS. The van der Waals surface area contributed by atoms with Gasteiger partial charge in [0.1, 0.15) is 16.5 Å². The minimum absolute atomic E-state index is 0.0195. The van der Waals surface area contributed by atoms with Crippen molar-refractivity contribution in [3.63, 3.8) is 0 Å². The molecule has 0 aliphatic carbocycles. The first-order valence-electron chi connectivity index (χ1n) is 10.6. The Morgan fingerprint density at radius 3 is 2.48 bits per heavy atom. The van der Waals surface area contributed by atoms with Crippen molar-refractivity contribution in [3.05, 3.63) is 87.5 Å². The maximum atomic E-state index is 13.9. The Balaban J connectivity index is 1.68. The number of piperidine rings is 1. The molecule has 2 aromatic carbocycles. The lowest BCUT2D eigenvalue weighted by Gasteiger charge is -2.31. The van der Waals surface area contributed by atoms with Gasteiger partial charge in [0.2, 0.25) is 0 Å². The summed E-state index contributed by atoms with van der Waals surface area (Å²) in [5, 5.41) is 2.62. The topological polar surface area (TPSA) is 38.1 Å². The average Bonchev–Trinajstić information content (AvgIpc) is 3.20. The second-order valence-electron chi connectivity index (χ2n) is 8.24. The van der Waals surface area contributed by atoms with Crippen LogP contribution in [0.3, 0.4) is 0 Å². The van der Waals surface area contributed by atoms with Gasteiger partial charge in [-0.1, -0.05) is 42.5 Å². The summed E-state index contributed by atoms with van der Waals surface area (Å²) in [5.41, 5.74) is 2.85. The Labute approximate surface area is 184 Å². The Morgan fingerprint density at radius 2 is 1.77 bits per heavy atom. The summed E-state index contributed by atoms with van der Waals surface area (Å²) in [5.74, 6) is 0.543. The van der Waals surface area contributed by atoms with Crippen LogP contribution in [0.15, 0.2) is 64.8 Å². The second kappa shape index (κ2) is 8.36. The first-order chi connectivity index (χ1) is 15.1. The lowest BCUT2D eigenvalue weighted by molar-refractivity contribution is 0.216. The summed E-state index contributed by atoms with van der Waals surface area (Å²) in [4.78, 5) is 21.9. The number of halogens is 1. The molecule has 1 aliphatic heterocycles. The van der Waals surface area contributed by atoms with Gasteiger partial charge in [-0.2, -0.15) is 0 Å². The normalized spacial score (nSPS) is 15.5. The van der Waals surface area contributed by atoms with Crippen molar-refractivity contribution >= 4 is 21.6 Å². The second-order valence-corrected chi connectivity index (χ2v) is 9.09. The van der Waals surface area contributed by atoms with Gasteiger partial charge in [-0.05, 0) is 56.2 Å². The molecule has 0 N–H and O–H groups in total. The Morgan fingerprint density at radius 1 is 1.06 bits per heavy atom. The minimum atomic E-state index is -0.282. The molecule has 0 unspecified atom stereocenters. The summed E-state index contributed by atoms with van der Waals surface area (Å²) >= 11 is 1.48. The van der Waals surface area contributed by atoms with Gasteiger partial charge in [0, 0.05) is 23.4 Å². The molecule has 0 radical (unpaired) electrons. The highest BCUT2D eigenvalue weighted by Gasteiger charge is 2.25. The Hall–Kier alpha value is -2.83. The van der Waals surface area contributed by atoms with E-state index < -0.39 is 0 Å². The summed E-state index contributed by atoms with van der Waals surface area (Å²) in [6.45, 7) is 1.93. The molecule has 2 aromatic heterocycles. The van der Waals surface area contributed by atoms with E-state index >= 15 is 0 Å². The van der Waals surface area contributed by atoms with Gasteiger partial charge in [-0.25, -0.2) is 9.37 Å². The molecule has 0 bridgehead atoms. The van der Waals surface area contributed by atoms with E-state index in [2.05, 4.69) is 24.1 Å². The molecular weight excluding hydrogens is 409 g/mol. The van der Waals surface area contributed by atoms with E-state index in [1.807, 2.05) is 28.1 Å². The summed E-state index contributed by atoms with van der Waals surface area (Å²) in [6, 6.07) is 16.7. The van der Waals surface area contributed by atoms with Crippen LogP contribution in [0.4, 0.5) is 4.39 Å². The van der Waals surface area contributed by atoms with Crippen LogP contribution in [-0.2, 0) is 6.42 Å². The van der Waals surface area contributed by atoms with Gasteiger partial charge >= 0.3 is 0 Å². The molecule has 158 valence electrons. The molecule has 4 aromatic rings. The molecule has 0 atom stereocenters. The van der Waals surface area contributed by atoms with E-state index in [1.54, 1.807) is 12.1 Å². The van der Waals surface area contributed by atoms with Crippen LogP contribution in [0, 0.1) is 5.82 Å². The highest BCUT2D eigenvalue weighted by Crippen LogP contribution is 2.33. The van der Waals surface area contributed by atoms with Crippen molar-refractivity contribution in [1.29, 1.82) is 0 Å². The van der Waals surface area contributed by atoms with E-state index in [4.69, 9.17) is 4.98 Å². The number of nitrogens with zero attached hydrogens (tertiary/aromatic N) is 3. The van der Waals surface area contributed by atoms with Crippen molar-refractivity contribution in [1.82, 2.24) is 14.5 Å². The van der Waals surface area contributed by atoms with Gasteiger partial charge in [-0.15, -0.1) is 11.3 Å². The maximum absolute atomic E-state index is 13.9. The average molecular weight is 434 g/mol. The van der Waals surface area contributed by atoms with Crippen LogP contribution in [0.2, 0.25) is 0 Å². The molecule has 31 heavy (non-hydrogen) atoms. The third-order valence-corrected chi connectivity index (χ3v) is 7.00. The number of likely N-dealkylation sites (tertiary alicyclic amines) is 1. The van der Waals surface area contributed by atoms with Crippen LogP contribution >= 0.6 is 11.3 Å². The zero-order valence-corrected chi connectivity index (χ0v) is 18.2. The largest absolute Gasteiger partial charge is 0.306 e. The fraction of sp³-hybridized carbons (Fsp3) is 0.280. The van der Waals surface area contributed by atoms with Gasteiger partial charge < -0.3 is 4.90 Å². The van der Waals surface area contributed by atoms with E-state index in [0.717, 1.165) is 53.3 Å². The molecule has 0 saturated carbocycles. The van der Waals surface area contributed by atoms with Crippen LogP contribution in [0.1, 0.15) is 30.3 Å². The molecule has 3 heterocycles. The molecule has 1 fully saturated rings. The zero-order valence-electron chi connectivity index (χ0n) is 17.4. The van der Waals surface area contributed by atoms with Crippen molar-refractivity contribution in [2.75, 3.05) is 20.1 Å². The monoisotopic (exact) mass is 433 g/mol. The van der Waals surface area contributed by atoms with Crippen LogP contribution in [-0.4, -0.2) is 34.6 Å². The molecule has 0 spiro atoms. The van der Waals surface area contributed by atoms with Crippen molar-refractivity contribution in [3.8, 4) is 11.1 Å². The Kier molecular flexibility index (Phi) is 5.42. The molecule has 1 saturated heterocycles. The van der Waals surface area contributed by atoms with Crippen LogP contribution in [0.25, 0.3) is 21.3 Å². The smallest absolute Gasteiger partial charge is 0.263 e. The molecule has 1 aliphatic rings. The standard InChI is InChI=1S/C25H24FN3OS/c1-28-13-11-20(12-14-28)29-22(15-17-5-3-2-4-6-17)27-24-23(25(29)30)21(16-31-24)18-7-9-19(26)10-8-18/h2-10,16,20H,11-15H2,1H3. The maximum Gasteiger partial charge on any atom is 0.263 e. The quantitative estimate of drug-likeness (QED) is 0.448. The van der Waals surface area contributed by atoms with Crippen LogP contribution in [0.5, 0.6) is 0 Å². The number of thiophene rings is 1. The summed E-state index contributed by atoms with van der Waals surface area (Å²) in [7, 11) is 2.12. The van der Waals surface area contributed by atoms with Crippen LogP contribution < -0.4 is 5.56 Å². The minimum Gasteiger partial charge on any atom is -0.306 e. The van der Waals surface area contributed by atoms with Crippen molar-refractivity contribution in [2.24, 2.45) is 0 Å². The number of rotatable bonds is 4. The van der Waals surface area contributed by atoms with Gasteiger partial charge in [0.25, 0.3) is 5.56 Å². The summed E-state index contributed by atoms with van der Waals surface area (Å²) in [6.07, 6.45) is 2.49. The number of hydrogen-bond donors (Lipinski definition) is 0. The predicted octanol–water partition coefficient (Wildman–Crippen LogP) is 5.12. The number of fused-ring (bicyclic) bond motifs is 1. The van der Waals surface area contributed by atoms with E-state index in [9.17, 15) is 9.18 Å². The van der Waals surface area contributed by atoms with E-state index in [1.165, 1.54) is 23.5 Å². The first-order valence-corrected chi connectivity index (χ1v) is 11.5. The van der Waals surface area contributed by atoms with Crippen molar-refractivity contribution in [2.45, 2.75) is 25.3 Å². The molecule has 6 heteroatoms. The van der Waals surface area contributed by atoms with E-state index in [-0.39, 0.29) is 17.4 Å².